The Bertz CT molecular complexity index is 1060. The number of amides is 1. The van der Waals surface area contributed by atoms with Crippen molar-refractivity contribution >= 4 is 39.8 Å². The van der Waals surface area contributed by atoms with Crippen LogP contribution in [0.15, 0.2) is 42.3 Å². The Morgan fingerprint density at radius 3 is 2.71 bits per heavy atom. The molecule has 0 bridgehead atoms. The maximum absolute atomic E-state index is 12.7. The third kappa shape index (κ3) is 4.79. The fourth-order valence-corrected chi connectivity index (χ4v) is 4.95. The summed E-state index contributed by atoms with van der Waals surface area (Å²) >= 11 is 7.60. The minimum absolute atomic E-state index is 0.170. The zero-order valence-corrected chi connectivity index (χ0v) is 18.5. The number of likely N-dealkylation sites (tertiary alicyclic amines) is 1. The Morgan fingerprint density at radius 1 is 1.26 bits per heavy atom. The van der Waals surface area contributed by atoms with Gasteiger partial charge in [-0.15, -0.1) is 11.3 Å². The predicted molar refractivity (Wildman–Crippen MR) is 119 cm³/mol. The first-order chi connectivity index (χ1) is 15.1. The lowest BCUT2D eigenvalue weighted by atomic mass is 10.0. The first-order valence-corrected chi connectivity index (χ1v) is 11.1. The van der Waals surface area contributed by atoms with Crippen LogP contribution in [0.3, 0.4) is 0 Å². The van der Waals surface area contributed by atoms with Gasteiger partial charge in [0.1, 0.15) is 23.2 Å². The molecule has 10 heteroatoms. The highest BCUT2D eigenvalue weighted by molar-refractivity contribution is 7.15. The Labute approximate surface area is 188 Å². The number of nitrogens with zero attached hydrogens (tertiary/aromatic N) is 4. The van der Waals surface area contributed by atoms with Crippen molar-refractivity contribution in [2.45, 2.75) is 18.9 Å². The van der Waals surface area contributed by atoms with E-state index >= 15 is 0 Å². The van der Waals surface area contributed by atoms with Gasteiger partial charge in [0.2, 0.25) is 5.91 Å². The molecule has 31 heavy (non-hydrogen) atoms. The fraction of sp³-hybridized carbons (Fsp3) is 0.333. The second kappa shape index (κ2) is 9.59. The normalized spacial score (nSPS) is 15.0. The van der Waals surface area contributed by atoms with Crippen LogP contribution in [-0.2, 0) is 9.53 Å². The largest absolute Gasteiger partial charge is 0.465 e. The monoisotopic (exact) mass is 459 g/mol. The number of rotatable bonds is 6. The molecule has 1 aliphatic rings. The number of anilines is 1. The van der Waals surface area contributed by atoms with E-state index in [4.69, 9.17) is 16.3 Å². The molecule has 2 aromatic heterocycles. The second-order valence-corrected chi connectivity index (χ2v) is 8.54. The van der Waals surface area contributed by atoms with Crippen molar-refractivity contribution in [3.8, 4) is 11.1 Å². The van der Waals surface area contributed by atoms with Gasteiger partial charge in [-0.3, -0.25) is 9.69 Å². The molecule has 3 heterocycles. The molecule has 8 nitrogen and oxygen atoms in total. The van der Waals surface area contributed by atoms with E-state index in [1.54, 1.807) is 12.4 Å². The summed E-state index contributed by atoms with van der Waals surface area (Å²) in [4.78, 5) is 31.3. The molecule has 0 unspecified atom stereocenters. The summed E-state index contributed by atoms with van der Waals surface area (Å²) in [5, 5.41) is 9.89. The molecule has 1 N–H and O–H groups in total. The summed E-state index contributed by atoms with van der Waals surface area (Å²) in [5.74, 6) is -0.683. The summed E-state index contributed by atoms with van der Waals surface area (Å²) in [5.41, 5.74) is 1.68. The Balaban J connectivity index is 1.44. The quantitative estimate of drug-likeness (QED) is 0.565. The van der Waals surface area contributed by atoms with E-state index in [9.17, 15) is 9.59 Å². The van der Waals surface area contributed by atoms with Crippen molar-refractivity contribution in [1.29, 1.82) is 0 Å². The lowest BCUT2D eigenvalue weighted by molar-refractivity contribution is -0.117. The van der Waals surface area contributed by atoms with Gasteiger partial charge in [0.15, 0.2) is 0 Å². The number of carbonyl (C=O) groups is 2. The van der Waals surface area contributed by atoms with E-state index in [1.165, 1.54) is 24.8 Å². The Morgan fingerprint density at radius 2 is 2.03 bits per heavy atom. The first-order valence-electron chi connectivity index (χ1n) is 9.88. The number of aromatic nitrogens is 3. The van der Waals surface area contributed by atoms with Crippen LogP contribution in [0.25, 0.3) is 11.1 Å². The number of piperidine rings is 1. The SMILES string of the molecule is COC(=O)c1c(-c2ccccc2Cl)csc1NC(=O)CN1CCC(n2cncn2)CC1. The third-order valence-corrected chi connectivity index (χ3v) is 6.56. The van der Waals surface area contributed by atoms with Crippen molar-refractivity contribution in [3.05, 3.63) is 52.9 Å². The van der Waals surface area contributed by atoms with E-state index in [2.05, 4.69) is 20.3 Å². The number of thiophene rings is 1. The van der Waals surface area contributed by atoms with Crippen LogP contribution in [0.4, 0.5) is 5.00 Å². The maximum Gasteiger partial charge on any atom is 0.341 e. The molecule has 0 saturated carbocycles. The van der Waals surface area contributed by atoms with Crippen molar-refractivity contribution in [2.75, 3.05) is 32.1 Å². The molecular weight excluding hydrogens is 438 g/mol. The van der Waals surface area contributed by atoms with Crippen molar-refractivity contribution < 1.29 is 14.3 Å². The molecule has 1 amide bonds. The molecule has 1 aliphatic heterocycles. The van der Waals surface area contributed by atoms with Crippen molar-refractivity contribution in [2.24, 2.45) is 0 Å². The minimum atomic E-state index is -0.514. The number of nitrogens with one attached hydrogen (secondary N) is 1. The number of carbonyl (C=O) groups excluding carboxylic acids is 2. The summed E-state index contributed by atoms with van der Waals surface area (Å²) in [6.07, 6.45) is 5.07. The van der Waals surface area contributed by atoms with E-state index in [-0.39, 0.29) is 12.5 Å². The number of methoxy groups -OCH3 is 1. The van der Waals surface area contributed by atoms with Gasteiger partial charge in [-0.2, -0.15) is 5.10 Å². The first kappa shape index (κ1) is 21.5. The zero-order valence-electron chi connectivity index (χ0n) is 17.0. The lowest BCUT2D eigenvalue weighted by Crippen LogP contribution is -2.39. The van der Waals surface area contributed by atoms with Gasteiger partial charge in [0, 0.05) is 34.6 Å². The topological polar surface area (TPSA) is 89.4 Å². The molecule has 0 aliphatic carbocycles. The molecule has 0 radical (unpaired) electrons. The molecule has 1 aromatic carbocycles. The zero-order chi connectivity index (χ0) is 21.8. The molecule has 0 atom stereocenters. The van der Waals surface area contributed by atoms with Gasteiger partial charge in [-0.25, -0.2) is 14.5 Å². The van der Waals surface area contributed by atoms with E-state index in [0.717, 1.165) is 31.5 Å². The van der Waals surface area contributed by atoms with Crippen LogP contribution in [0, 0.1) is 0 Å². The average Bonchev–Trinajstić information content (AvgIpc) is 3.45. The standard InChI is InChI=1S/C21H22ClN5O3S/c1-30-21(29)19-16(15-4-2-3-5-17(15)22)11-31-20(19)25-18(28)10-26-8-6-14(7-9-26)27-13-23-12-24-27/h2-5,11-14H,6-10H2,1H3,(H,25,28). The number of ether oxygens (including phenoxy) is 1. The number of hydrogen-bond acceptors (Lipinski definition) is 7. The highest BCUT2D eigenvalue weighted by atomic mass is 35.5. The van der Waals surface area contributed by atoms with Crippen LogP contribution >= 0.6 is 22.9 Å². The Hall–Kier alpha value is -2.75. The van der Waals surface area contributed by atoms with E-state index < -0.39 is 5.97 Å². The van der Waals surface area contributed by atoms with Gasteiger partial charge >= 0.3 is 5.97 Å². The highest BCUT2D eigenvalue weighted by Crippen LogP contribution is 2.39. The van der Waals surface area contributed by atoms with Crippen LogP contribution in [0.1, 0.15) is 29.2 Å². The second-order valence-electron chi connectivity index (χ2n) is 7.26. The summed E-state index contributed by atoms with van der Waals surface area (Å²) < 4.78 is 6.84. The van der Waals surface area contributed by atoms with Gasteiger partial charge in [0.05, 0.1) is 19.7 Å². The molecule has 1 fully saturated rings. The fourth-order valence-electron chi connectivity index (χ4n) is 3.75. The third-order valence-electron chi connectivity index (χ3n) is 5.33. The van der Waals surface area contributed by atoms with Gasteiger partial charge in [-0.1, -0.05) is 29.8 Å². The maximum atomic E-state index is 12.7. The van der Waals surface area contributed by atoms with E-state index in [1.807, 2.05) is 28.3 Å². The predicted octanol–water partition coefficient (Wildman–Crippen LogP) is 3.72. The molecule has 3 aromatic rings. The van der Waals surface area contributed by atoms with Gasteiger partial charge in [0.25, 0.3) is 0 Å². The number of benzene rings is 1. The number of halogens is 1. The summed E-state index contributed by atoms with van der Waals surface area (Å²) in [6, 6.07) is 7.58. The molecular formula is C21H22ClN5O3S. The average molecular weight is 460 g/mol. The van der Waals surface area contributed by atoms with Gasteiger partial charge in [-0.05, 0) is 18.9 Å². The van der Waals surface area contributed by atoms with Crippen molar-refractivity contribution in [1.82, 2.24) is 19.7 Å². The van der Waals surface area contributed by atoms with Crippen LogP contribution in [0.2, 0.25) is 5.02 Å². The molecule has 1 saturated heterocycles. The van der Waals surface area contributed by atoms with Crippen LogP contribution in [0.5, 0.6) is 0 Å². The molecule has 4 rings (SSSR count). The van der Waals surface area contributed by atoms with Gasteiger partial charge < -0.3 is 10.1 Å². The van der Waals surface area contributed by atoms with Crippen molar-refractivity contribution in [3.63, 3.8) is 0 Å². The highest BCUT2D eigenvalue weighted by Gasteiger charge is 2.25. The summed E-state index contributed by atoms with van der Waals surface area (Å²) in [6.45, 7) is 1.83. The number of hydrogen-bond donors (Lipinski definition) is 1. The Kier molecular flexibility index (Phi) is 6.64. The van der Waals surface area contributed by atoms with E-state index in [0.29, 0.717) is 27.2 Å². The number of esters is 1. The van der Waals surface area contributed by atoms with Crippen LogP contribution in [-0.4, -0.2) is 58.3 Å². The minimum Gasteiger partial charge on any atom is -0.465 e. The smallest absolute Gasteiger partial charge is 0.341 e. The molecule has 0 spiro atoms. The molecule has 162 valence electrons. The lowest BCUT2D eigenvalue weighted by Gasteiger charge is -2.31. The summed E-state index contributed by atoms with van der Waals surface area (Å²) in [7, 11) is 1.32. The van der Waals surface area contributed by atoms with Crippen LogP contribution < -0.4 is 5.32 Å².